The van der Waals surface area contributed by atoms with Crippen LogP contribution in [0.5, 0.6) is 0 Å². The number of benzene rings is 4. The van der Waals surface area contributed by atoms with Crippen LogP contribution in [-0.4, -0.2) is 186 Å². The number of halogens is 4. The number of nitrogens with zero attached hydrogens (tertiary/aromatic N) is 6. The van der Waals surface area contributed by atoms with Crippen LogP contribution in [0.1, 0.15) is 77.1 Å². The highest BCUT2D eigenvalue weighted by Gasteiger charge is 2.54. The van der Waals surface area contributed by atoms with Crippen molar-refractivity contribution in [3.05, 3.63) is 136 Å². The third-order valence-corrected chi connectivity index (χ3v) is 16.4. The van der Waals surface area contributed by atoms with Gasteiger partial charge in [-0.1, -0.05) is 70.7 Å². The van der Waals surface area contributed by atoms with Crippen LogP contribution in [0, 0.1) is 5.41 Å². The molecule has 400 valence electrons. The molecule has 0 aromatic heterocycles. The average Bonchev–Trinajstić information content (AvgIpc) is 3.85. The third kappa shape index (κ3) is 12.1. The Morgan fingerprint density at radius 3 is 1.36 bits per heavy atom. The van der Waals surface area contributed by atoms with Crippen LogP contribution < -0.4 is 10.6 Å². The summed E-state index contributed by atoms with van der Waals surface area (Å²) >= 11 is 26.0. The van der Waals surface area contributed by atoms with Crippen LogP contribution in [0.4, 0.5) is 9.59 Å². The first kappa shape index (κ1) is 53.7. The Morgan fingerprint density at radius 1 is 0.547 bits per heavy atom. The van der Waals surface area contributed by atoms with Crippen molar-refractivity contribution in [2.75, 3.05) is 132 Å². The number of nitrogens with one attached hydrogen (secondary N) is 2. The second-order valence-electron chi connectivity index (χ2n) is 20.8. The summed E-state index contributed by atoms with van der Waals surface area (Å²) in [5.41, 5.74) is 9.95. The van der Waals surface area contributed by atoms with Gasteiger partial charge in [0.2, 0.25) is 0 Å². The molecule has 0 bridgehead atoms. The van der Waals surface area contributed by atoms with Crippen LogP contribution in [0.15, 0.2) is 60.7 Å². The van der Waals surface area contributed by atoms with Crippen LogP contribution >= 0.6 is 46.4 Å². The predicted molar refractivity (Wildman–Crippen MR) is 287 cm³/mol. The van der Waals surface area contributed by atoms with Crippen molar-refractivity contribution in [3.63, 3.8) is 0 Å². The predicted octanol–water partition coefficient (Wildman–Crippen LogP) is 7.17. The van der Waals surface area contributed by atoms with Gasteiger partial charge in [0.05, 0.1) is 52.9 Å². The van der Waals surface area contributed by atoms with Crippen LogP contribution in [0.3, 0.4) is 0 Å². The fourth-order valence-electron chi connectivity index (χ4n) is 11.5. The molecule has 2 atom stereocenters. The summed E-state index contributed by atoms with van der Waals surface area (Å²) in [5.74, 6) is 0.127. The molecule has 0 aliphatic carbocycles. The van der Waals surface area contributed by atoms with E-state index in [1.165, 1.54) is 0 Å². The number of rotatable bonds is 20. The molecule has 2 unspecified atom stereocenters. The second-order valence-corrected chi connectivity index (χ2v) is 22.5. The van der Waals surface area contributed by atoms with Gasteiger partial charge in [-0.25, -0.2) is 9.59 Å². The summed E-state index contributed by atoms with van der Waals surface area (Å²) in [6, 6.07) is 19.7. The fourth-order valence-corrected chi connectivity index (χ4v) is 12.6. The summed E-state index contributed by atoms with van der Waals surface area (Å²) in [5, 5.41) is 8.38. The zero-order valence-electron chi connectivity index (χ0n) is 42.4. The minimum atomic E-state index is -0.144. The molecule has 2 N–H and O–H groups in total. The maximum Gasteiger partial charge on any atom is 0.317 e. The molecule has 10 rings (SSSR count). The van der Waals surface area contributed by atoms with Gasteiger partial charge >= 0.3 is 12.1 Å². The quantitative estimate of drug-likeness (QED) is 0.0874. The zero-order valence-corrected chi connectivity index (χ0v) is 45.5. The molecule has 6 heterocycles. The van der Waals surface area contributed by atoms with E-state index in [1.54, 1.807) is 21.9 Å². The number of carbonyl (C=O) groups excluding carboxylic acids is 4. The smallest absolute Gasteiger partial charge is 0.317 e. The summed E-state index contributed by atoms with van der Waals surface area (Å²) < 4.78 is 22.9. The molecule has 6 aliphatic rings. The lowest BCUT2D eigenvalue weighted by Gasteiger charge is -2.59. The normalized spacial score (nSPS) is 19.7. The molecule has 20 heteroatoms. The van der Waals surface area contributed by atoms with Gasteiger partial charge in [-0.2, -0.15) is 0 Å². The number of amides is 6. The number of likely N-dealkylation sites (tertiary alicyclic amines) is 2. The average molecular weight is 1110 g/mol. The number of likely N-dealkylation sites (N-methyl/N-ethyl adjacent to an activating group) is 2. The fraction of sp³-hybridized carbons (Fsp3) is 0.491. The SMILES string of the molecule is CN1Cc2c(Cl)cc(Cl)cc2C(c2ccc3c(c2)C(=O)N(CCOCCOCCNC(=O)N2CC4(C2)CN(C(=O)NCCOCCOCCN2Cc5ccc(C6CN(C)Cc7c(Cl)cc(Cl)cc76)cc5C2=O)C4)C3)C1. The van der Waals surface area contributed by atoms with E-state index >= 15 is 0 Å². The highest BCUT2D eigenvalue weighted by atomic mass is 35.5. The van der Waals surface area contributed by atoms with E-state index in [9.17, 15) is 19.2 Å². The number of carbonyl (C=O) groups is 4. The number of urea groups is 2. The third-order valence-electron chi connectivity index (χ3n) is 15.3. The maximum absolute atomic E-state index is 13.4. The standard InChI is InChI=1S/C55H64Cl4N8O8/c1-62-27-45(43-21-39(56)23-49(58)47(43)29-62)35-3-5-37-25-64(51(68)41(37)19-35)9-13-74-17-15-72-11-7-60-53(70)66-31-55(32-66)33-67(34-55)54(71)61-8-12-73-16-18-75-14-10-65-26-38-6-4-36(20-42(38)52(65)69)46-28-63(2)30-48-44(46)22-40(57)24-50(48)59/h3-6,19-24,45-46H,7-18,25-34H2,1-2H3,(H,60,70)(H,61,71). The highest BCUT2D eigenvalue weighted by Crippen LogP contribution is 2.42. The molecule has 0 saturated carbocycles. The minimum Gasteiger partial charge on any atom is -0.377 e. The Morgan fingerprint density at radius 2 is 0.947 bits per heavy atom. The molecule has 4 aromatic carbocycles. The Hall–Kier alpha value is -4.72. The highest BCUT2D eigenvalue weighted by molar-refractivity contribution is 6.35. The Kier molecular flexibility index (Phi) is 16.8. The first-order chi connectivity index (χ1) is 36.2. The largest absolute Gasteiger partial charge is 0.377 e. The monoisotopic (exact) mass is 1100 g/mol. The molecule has 6 aliphatic heterocycles. The van der Waals surface area contributed by atoms with Crippen molar-refractivity contribution in [1.29, 1.82) is 0 Å². The molecule has 2 saturated heterocycles. The molecule has 0 radical (unpaired) electrons. The van der Waals surface area contributed by atoms with Gasteiger partial charge in [-0.3, -0.25) is 9.59 Å². The topological polar surface area (TPSA) is 149 Å². The van der Waals surface area contributed by atoms with E-state index in [4.69, 9.17) is 65.4 Å². The van der Waals surface area contributed by atoms with E-state index in [-0.39, 0.29) is 41.1 Å². The molecule has 75 heavy (non-hydrogen) atoms. The van der Waals surface area contributed by atoms with Gasteiger partial charge in [0.15, 0.2) is 0 Å². The van der Waals surface area contributed by atoms with Crippen LogP contribution in [0.2, 0.25) is 20.1 Å². The molecule has 4 aromatic rings. The summed E-state index contributed by atoms with van der Waals surface area (Å²) in [6.07, 6.45) is 0. The Labute approximate surface area is 458 Å². The van der Waals surface area contributed by atoms with Crippen molar-refractivity contribution in [2.45, 2.75) is 38.0 Å². The van der Waals surface area contributed by atoms with E-state index < -0.39 is 0 Å². The van der Waals surface area contributed by atoms with E-state index in [1.807, 2.05) is 34.1 Å². The number of hydrogen-bond acceptors (Lipinski definition) is 10. The van der Waals surface area contributed by atoms with Crippen molar-refractivity contribution < 1.29 is 38.1 Å². The molecule has 6 amide bonds. The molecule has 16 nitrogen and oxygen atoms in total. The lowest BCUT2D eigenvalue weighted by Crippen LogP contribution is -2.75. The maximum atomic E-state index is 13.4. The van der Waals surface area contributed by atoms with E-state index in [2.05, 4.69) is 58.8 Å². The molecule has 1 spiro atoms. The first-order valence-electron chi connectivity index (χ1n) is 25.8. The molecular formula is C55H64Cl4N8O8. The number of hydrogen-bond donors (Lipinski definition) is 2. The van der Waals surface area contributed by atoms with E-state index in [0.29, 0.717) is 138 Å². The van der Waals surface area contributed by atoms with Crippen molar-refractivity contribution >= 4 is 70.3 Å². The van der Waals surface area contributed by atoms with Crippen LogP contribution in [-0.2, 0) is 45.1 Å². The minimum absolute atomic E-state index is 0.00345. The van der Waals surface area contributed by atoms with Crippen molar-refractivity contribution in [3.8, 4) is 0 Å². The number of ether oxygens (including phenoxy) is 4. The second kappa shape index (κ2) is 23.5. The Bertz CT molecular complexity index is 2620. The molecule has 2 fully saturated rings. The van der Waals surface area contributed by atoms with Gasteiger partial charge < -0.3 is 59.0 Å². The Balaban J connectivity index is 0.527. The summed E-state index contributed by atoms with van der Waals surface area (Å²) in [4.78, 5) is 63.9. The van der Waals surface area contributed by atoms with Gasteiger partial charge in [0.1, 0.15) is 0 Å². The summed E-state index contributed by atoms with van der Waals surface area (Å²) in [7, 11) is 4.15. The first-order valence-corrected chi connectivity index (χ1v) is 27.3. The van der Waals surface area contributed by atoms with Gasteiger partial charge in [0, 0.05) is 140 Å². The molecular weight excluding hydrogens is 1040 g/mol. The lowest BCUT2D eigenvalue weighted by molar-refractivity contribution is -0.0731. The van der Waals surface area contributed by atoms with E-state index in [0.717, 1.165) is 81.8 Å². The van der Waals surface area contributed by atoms with Gasteiger partial charge in [-0.05, 0) is 95.0 Å². The van der Waals surface area contributed by atoms with Gasteiger partial charge in [-0.15, -0.1) is 0 Å². The number of fused-ring (bicyclic) bond motifs is 4. The summed E-state index contributed by atoms with van der Waals surface area (Å²) in [6.45, 7) is 11.3. The van der Waals surface area contributed by atoms with Crippen molar-refractivity contribution in [1.82, 2.24) is 40.0 Å². The van der Waals surface area contributed by atoms with Crippen LogP contribution in [0.25, 0.3) is 0 Å². The van der Waals surface area contributed by atoms with Gasteiger partial charge in [0.25, 0.3) is 11.8 Å². The van der Waals surface area contributed by atoms with Crippen molar-refractivity contribution in [2.24, 2.45) is 5.41 Å². The lowest BCUT2D eigenvalue weighted by atomic mass is 9.73. The zero-order chi connectivity index (χ0) is 52.4.